The topological polar surface area (TPSA) is 85.1 Å². The molecule has 28 heavy (non-hydrogen) atoms. The first-order chi connectivity index (χ1) is 13.7. The number of aromatic nitrogens is 2. The number of aliphatic hydroxyl groups excluding tert-OH is 1. The standard InChI is InChI=1S/C22H27N5O/c23-14-20-22(26-21(15-24-20)27-12-2-1-3-13-27)25-18-8-4-16(5-9-18)17-6-10-19(28)11-7-17/h4-5,8-9,15,17,19,28H,1-3,6-7,10-13H2,(H,25,26). The van der Waals surface area contributed by atoms with E-state index in [1.54, 1.807) is 6.20 Å². The highest BCUT2D eigenvalue weighted by Gasteiger charge is 2.21. The van der Waals surface area contributed by atoms with E-state index in [2.05, 4.69) is 38.4 Å². The highest BCUT2D eigenvalue weighted by atomic mass is 16.3. The number of hydrogen-bond acceptors (Lipinski definition) is 6. The molecule has 6 nitrogen and oxygen atoms in total. The molecule has 0 bridgehead atoms. The zero-order valence-electron chi connectivity index (χ0n) is 16.1. The van der Waals surface area contributed by atoms with E-state index in [0.29, 0.717) is 17.4 Å². The molecular formula is C22H27N5O. The highest BCUT2D eigenvalue weighted by Crippen LogP contribution is 2.33. The molecule has 1 aromatic heterocycles. The van der Waals surface area contributed by atoms with Gasteiger partial charge in [0.1, 0.15) is 11.9 Å². The molecule has 2 heterocycles. The molecule has 0 atom stereocenters. The minimum atomic E-state index is -0.132. The molecule has 2 aliphatic rings. The lowest BCUT2D eigenvalue weighted by Crippen LogP contribution is -2.30. The van der Waals surface area contributed by atoms with Crippen LogP contribution in [0.3, 0.4) is 0 Å². The van der Waals surface area contributed by atoms with E-state index in [1.807, 2.05) is 12.1 Å². The Morgan fingerprint density at radius 1 is 1.04 bits per heavy atom. The van der Waals surface area contributed by atoms with E-state index in [0.717, 1.165) is 50.3 Å². The summed E-state index contributed by atoms with van der Waals surface area (Å²) in [5.41, 5.74) is 2.53. The number of hydrogen-bond donors (Lipinski definition) is 2. The second-order valence-electron chi connectivity index (χ2n) is 7.84. The normalized spacial score (nSPS) is 22.5. The molecule has 1 saturated heterocycles. The van der Waals surface area contributed by atoms with Crippen molar-refractivity contribution in [2.75, 3.05) is 23.3 Å². The lowest BCUT2D eigenvalue weighted by Gasteiger charge is -2.27. The first kappa shape index (κ1) is 18.7. The summed E-state index contributed by atoms with van der Waals surface area (Å²) < 4.78 is 0. The molecule has 0 amide bonds. The fraction of sp³-hybridized carbons (Fsp3) is 0.500. The lowest BCUT2D eigenvalue weighted by molar-refractivity contribution is 0.122. The predicted molar refractivity (Wildman–Crippen MR) is 110 cm³/mol. The maximum atomic E-state index is 9.70. The van der Waals surface area contributed by atoms with Crippen LogP contribution in [-0.2, 0) is 0 Å². The second-order valence-corrected chi connectivity index (χ2v) is 7.84. The molecule has 6 heteroatoms. The maximum absolute atomic E-state index is 9.70. The fourth-order valence-corrected chi connectivity index (χ4v) is 4.21. The number of anilines is 3. The van der Waals surface area contributed by atoms with Crippen LogP contribution < -0.4 is 10.2 Å². The summed E-state index contributed by atoms with van der Waals surface area (Å²) in [6.07, 6.45) is 9.02. The van der Waals surface area contributed by atoms with Crippen molar-refractivity contribution in [2.45, 2.75) is 57.0 Å². The minimum Gasteiger partial charge on any atom is -0.393 e. The van der Waals surface area contributed by atoms with Gasteiger partial charge >= 0.3 is 0 Å². The average molecular weight is 377 g/mol. The fourth-order valence-electron chi connectivity index (χ4n) is 4.21. The summed E-state index contributed by atoms with van der Waals surface area (Å²) >= 11 is 0. The molecule has 1 aliphatic carbocycles. The Morgan fingerprint density at radius 2 is 1.75 bits per heavy atom. The van der Waals surface area contributed by atoms with Gasteiger partial charge in [-0.25, -0.2) is 9.97 Å². The van der Waals surface area contributed by atoms with Crippen molar-refractivity contribution in [3.8, 4) is 6.07 Å². The van der Waals surface area contributed by atoms with Crippen LogP contribution >= 0.6 is 0 Å². The molecule has 0 radical (unpaired) electrons. The van der Waals surface area contributed by atoms with Gasteiger partial charge in [0.2, 0.25) is 0 Å². The summed E-state index contributed by atoms with van der Waals surface area (Å²) in [4.78, 5) is 11.2. The Hall–Kier alpha value is -2.65. The first-order valence-corrected chi connectivity index (χ1v) is 10.3. The predicted octanol–water partition coefficient (Wildman–Crippen LogP) is 4.10. The quantitative estimate of drug-likeness (QED) is 0.834. The van der Waals surface area contributed by atoms with Gasteiger partial charge in [0.05, 0.1) is 12.3 Å². The molecule has 4 rings (SSSR count). The number of nitrogens with zero attached hydrogens (tertiary/aromatic N) is 4. The van der Waals surface area contributed by atoms with Gasteiger partial charge in [0, 0.05) is 18.8 Å². The lowest BCUT2D eigenvalue weighted by atomic mass is 9.83. The van der Waals surface area contributed by atoms with Crippen molar-refractivity contribution in [2.24, 2.45) is 0 Å². The maximum Gasteiger partial charge on any atom is 0.183 e. The average Bonchev–Trinajstić information content (AvgIpc) is 2.75. The molecule has 0 unspecified atom stereocenters. The molecule has 2 aromatic rings. The number of benzene rings is 1. The smallest absolute Gasteiger partial charge is 0.183 e. The third kappa shape index (κ3) is 4.26. The van der Waals surface area contributed by atoms with Crippen molar-refractivity contribution < 1.29 is 5.11 Å². The van der Waals surface area contributed by atoms with Gasteiger partial charge in [-0.2, -0.15) is 5.26 Å². The number of nitrogens with one attached hydrogen (secondary N) is 1. The Labute approximate surface area is 166 Å². The highest BCUT2D eigenvalue weighted by molar-refractivity contribution is 5.63. The van der Waals surface area contributed by atoms with Crippen molar-refractivity contribution in [1.82, 2.24) is 9.97 Å². The van der Waals surface area contributed by atoms with E-state index in [4.69, 9.17) is 0 Å². The van der Waals surface area contributed by atoms with Crippen molar-refractivity contribution in [3.63, 3.8) is 0 Å². The zero-order valence-corrected chi connectivity index (χ0v) is 16.1. The van der Waals surface area contributed by atoms with E-state index >= 15 is 0 Å². The van der Waals surface area contributed by atoms with Crippen LogP contribution in [0.15, 0.2) is 30.5 Å². The van der Waals surface area contributed by atoms with Crippen LogP contribution in [0.5, 0.6) is 0 Å². The van der Waals surface area contributed by atoms with E-state index in [-0.39, 0.29) is 6.10 Å². The minimum absolute atomic E-state index is 0.132. The van der Waals surface area contributed by atoms with Gasteiger partial charge in [-0.05, 0) is 68.6 Å². The zero-order chi connectivity index (χ0) is 19.3. The molecule has 1 aromatic carbocycles. The summed E-state index contributed by atoms with van der Waals surface area (Å²) in [6.45, 7) is 1.98. The van der Waals surface area contributed by atoms with Gasteiger partial charge in [-0.15, -0.1) is 0 Å². The monoisotopic (exact) mass is 377 g/mol. The van der Waals surface area contributed by atoms with Crippen molar-refractivity contribution >= 4 is 17.3 Å². The van der Waals surface area contributed by atoms with Gasteiger partial charge in [-0.1, -0.05) is 12.1 Å². The number of rotatable bonds is 4. The van der Waals surface area contributed by atoms with Crippen LogP contribution in [0, 0.1) is 11.3 Å². The van der Waals surface area contributed by atoms with E-state index in [1.165, 1.54) is 24.8 Å². The van der Waals surface area contributed by atoms with Crippen LogP contribution in [0.1, 0.15) is 62.1 Å². The van der Waals surface area contributed by atoms with E-state index < -0.39 is 0 Å². The van der Waals surface area contributed by atoms with Gasteiger partial charge in [0.25, 0.3) is 0 Å². The Bertz CT molecular complexity index is 831. The molecule has 0 spiro atoms. The first-order valence-electron chi connectivity index (χ1n) is 10.3. The summed E-state index contributed by atoms with van der Waals surface area (Å²) in [6, 6.07) is 10.5. The number of aliphatic hydroxyl groups is 1. The second kappa shape index (κ2) is 8.57. The van der Waals surface area contributed by atoms with Crippen LogP contribution in [0.25, 0.3) is 0 Å². The third-order valence-electron chi connectivity index (χ3n) is 5.89. The summed E-state index contributed by atoms with van der Waals surface area (Å²) in [5, 5.41) is 22.4. The number of piperidine rings is 1. The van der Waals surface area contributed by atoms with Crippen LogP contribution in [0.2, 0.25) is 0 Å². The Balaban J connectivity index is 1.49. The third-order valence-corrected chi connectivity index (χ3v) is 5.89. The molecule has 1 aliphatic heterocycles. The molecule has 2 fully saturated rings. The Kier molecular flexibility index (Phi) is 5.73. The van der Waals surface area contributed by atoms with Crippen LogP contribution in [-0.4, -0.2) is 34.3 Å². The molecular weight excluding hydrogens is 350 g/mol. The van der Waals surface area contributed by atoms with Gasteiger partial charge in [-0.3, -0.25) is 0 Å². The number of nitriles is 1. The largest absolute Gasteiger partial charge is 0.393 e. The van der Waals surface area contributed by atoms with Gasteiger partial charge in [0.15, 0.2) is 11.5 Å². The molecule has 1 saturated carbocycles. The van der Waals surface area contributed by atoms with Crippen molar-refractivity contribution in [1.29, 1.82) is 5.26 Å². The Morgan fingerprint density at radius 3 is 2.43 bits per heavy atom. The molecule has 2 N–H and O–H groups in total. The SMILES string of the molecule is N#Cc1ncc(N2CCCCC2)nc1Nc1ccc(C2CCC(O)CC2)cc1. The van der Waals surface area contributed by atoms with Gasteiger partial charge < -0.3 is 15.3 Å². The van der Waals surface area contributed by atoms with Crippen LogP contribution in [0.4, 0.5) is 17.3 Å². The summed E-state index contributed by atoms with van der Waals surface area (Å²) in [5.74, 6) is 1.87. The summed E-state index contributed by atoms with van der Waals surface area (Å²) in [7, 11) is 0. The molecule has 146 valence electrons. The van der Waals surface area contributed by atoms with Crippen molar-refractivity contribution in [3.05, 3.63) is 41.7 Å². The van der Waals surface area contributed by atoms with E-state index in [9.17, 15) is 10.4 Å².